The largest absolute Gasteiger partial charge is 0.550 e. The second-order valence-electron chi connectivity index (χ2n) is 5.24. The van der Waals surface area contributed by atoms with Gasteiger partial charge < -0.3 is 19.5 Å². The molecule has 0 amide bonds. The highest BCUT2D eigenvalue weighted by Gasteiger charge is 2.08. The van der Waals surface area contributed by atoms with E-state index in [0.717, 1.165) is 36.8 Å². The first-order chi connectivity index (χ1) is 8.39. The number of unbranched alkanes of at least 4 members (excludes halogenated alkanes) is 4. The zero-order chi connectivity index (χ0) is 14.4. The minimum Gasteiger partial charge on any atom is -0.550 e. The maximum Gasteiger partial charge on any atom is 0.102 e. The number of carbonyl (C=O) groups excluding carboxylic acids is 1. The van der Waals surface area contributed by atoms with Crippen molar-refractivity contribution in [3.63, 3.8) is 0 Å². The molecule has 0 unspecified atom stereocenters. The first-order valence-electron chi connectivity index (χ1n) is 7.02. The summed E-state index contributed by atoms with van der Waals surface area (Å²) in [7, 11) is 4.21. The molecule has 0 aliphatic rings. The molecule has 1 N–H and O–H groups in total. The lowest BCUT2D eigenvalue weighted by atomic mass is 10.1. The highest BCUT2D eigenvalue weighted by atomic mass is 16.4. The van der Waals surface area contributed by atoms with Crippen molar-refractivity contribution in [1.29, 1.82) is 0 Å². The Bertz CT molecular complexity index is 193. The van der Waals surface area contributed by atoms with Gasteiger partial charge in [0.25, 0.3) is 0 Å². The van der Waals surface area contributed by atoms with E-state index in [0.29, 0.717) is 6.61 Å². The lowest BCUT2D eigenvalue weighted by Crippen LogP contribution is -2.41. The van der Waals surface area contributed by atoms with Crippen LogP contribution in [0.2, 0.25) is 0 Å². The average Bonchev–Trinajstić information content (AvgIpc) is 2.29. The third-order valence-corrected chi connectivity index (χ3v) is 3.05. The van der Waals surface area contributed by atoms with Crippen molar-refractivity contribution >= 4 is 5.97 Å². The van der Waals surface area contributed by atoms with E-state index < -0.39 is 5.97 Å². The molecule has 0 rings (SSSR count). The molecule has 4 nitrogen and oxygen atoms in total. The molecule has 0 fully saturated rings. The molecule has 110 valence electrons. The van der Waals surface area contributed by atoms with Gasteiger partial charge in [0.2, 0.25) is 0 Å². The van der Waals surface area contributed by atoms with Gasteiger partial charge in [-0.1, -0.05) is 32.6 Å². The molecule has 0 aromatic heterocycles. The van der Waals surface area contributed by atoms with Crippen molar-refractivity contribution < 1.29 is 19.5 Å². The number of aliphatic hydroxyl groups excluding tert-OH is 1. The zero-order valence-corrected chi connectivity index (χ0v) is 12.6. The SMILES string of the molecule is CCCCCCCC(=O)[O-].CC[N+](C)(C)CCO. The normalized spacial score (nSPS) is 10.7. The number of carbonyl (C=O) groups is 1. The monoisotopic (exact) mass is 261 g/mol. The van der Waals surface area contributed by atoms with Gasteiger partial charge in [-0.2, -0.15) is 0 Å². The zero-order valence-electron chi connectivity index (χ0n) is 12.6. The second kappa shape index (κ2) is 12.8. The summed E-state index contributed by atoms with van der Waals surface area (Å²) in [6.07, 6.45) is 5.61. The fourth-order valence-corrected chi connectivity index (χ4v) is 1.30. The molecular weight excluding hydrogens is 230 g/mol. The quantitative estimate of drug-likeness (QED) is 0.501. The molecule has 0 aromatic carbocycles. The lowest BCUT2D eigenvalue weighted by Gasteiger charge is -2.26. The Hall–Kier alpha value is -0.610. The van der Waals surface area contributed by atoms with Gasteiger partial charge in [0.05, 0.1) is 27.2 Å². The molecule has 0 aliphatic carbocycles. The van der Waals surface area contributed by atoms with E-state index in [1.165, 1.54) is 12.8 Å². The summed E-state index contributed by atoms with van der Waals surface area (Å²) in [4.78, 5) is 9.92. The number of carboxylic acid groups (broad SMARTS) is 1. The maximum atomic E-state index is 9.92. The van der Waals surface area contributed by atoms with E-state index in [1.807, 2.05) is 0 Å². The van der Waals surface area contributed by atoms with Gasteiger partial charge >= 0.3 is 0 Å². The Morgan fingerprint density at radius 3 is 2.00 bits per heavy atom. The lowest BCUT2D eigenvalue weighted by molar-refractivity contribution is -0.888. The van der Waals surface area contributed by atoms with Crippen LogP contribution >= 0.6 is 0 Å². The molecule has 0 radical (unpaired) electrons. The molecular formula is C14H31NO3. The fraction of sp³-hybridized carbons (Fsp3) is 0.929. The first-order valence-corrected chi connectivity index (χ1v) is 7.02. The molecule has 0 atom stereocenters. The van der Waals surface area contributed by atoms with E-state index >= 15 is 0 Å². The van der Waals surface area contributed by atoms with Crippen LogP contribution < -0.4 is 5.11 Å². The highest BCUT2D eigenvalue weighted by Crippen LogP contribution is 2.03. The Balaban J connectivity index is 0. The van der Waals surface area contributed by atoms with Gasteiger partial charge in [0.15, 0.2) is 0 Å². The minimum atomic E-state index is -0.920. The van der Waals surface area contributed by atoms with Crippen molar-refractivity contribution in [1.82, 2.24) is 0 Å². The standard InChI is InChI=1S/C8H16O2.C6H16NO/c1-2-3-4-5-6-7-8(9)10;1-4-7(2,3)5-6-8/h2-7H2,1H3,(H,9,10);8H,4-6H2,1-3H3/q;+1/p-1. The predicted molar refractivity (Wildman–Crippen MR) is 73.0 cm³/mol. The van der Waals surface area contributed by atoms with Crippen LogP contribution in [0.3, 0.4) is 0 Å². The molecule has 0 heterocycles. The van der Waals surface area contributed by atoms with Gasteiger partial charge in [-0.15, -0.1) is 0 Å². The third kappa shape index (κ3) is 17.8. The van der Waals surface area contributed by atoms with Crippen molar-refractivity contribution in [3.8, 4) is 0 Å². The first kappa shape index (κ1) is 19.7. The van der Waals surface area contributed by atoms with Crippen LogP contribution in [-0.4, -0.2) is 49.4 Å². The number of nitrogens with zero attached hydrogens (tertiary/aromatic N) is 1. The number of hydrogen-bond donors (Lipinski definition) is 1. The van der Waals surface area contributed by atoms with Crippen molar-refractivity contribution in [2.75, 3.05) is 33.8 Å². The van der Waals surface area contributed by atoms with E-state index in [9.17, 15) is 9.90 Å². The van der Waals surface area contributed by atoms with E-state index in [-0.39, 0.29) is 6.42 Å². The minimum absolute atomic E-state index is 0.226. The molecule has 0 aromatic rings. The number of aliphatic carboxylic acids is 1. The van der Waals surface area contributed by atoms with Crippen LogP contribution in [-0.2, 0) is 4.79 Å². The smallest absolute Gasteiger partial charge is 0.102 e. The number of rotatable bonds is 9. The van der Waals surface area contributed by atoms with Gasteiger partial charge in [0, 0.05) is 5.97 Å². The Labute approximate surface area is 112 Å². The van der Waals surface area contributed by atoms with Crippen LogP contribution in [0.5, 0.6) is 0 Å². The van der Waals surface area contributed by atoms with Crippen LogP contribution in [0.1, 0.15) is 52.4 Å². The Morgan fingerprint density at radius 1 is 1.11 bits per heavy atom. The molecule has 18 heavy (non-hydrogen) atoms. The number of hydrogen-bond acceptors (Lipinski definition) is 3. The number of quaternary nitrogens is 1. The predicted octanol–water partition coefficient (Wildman–Crippen LogP) is 1.17. The molecule has 0 bridgehead atoms. The molecule has 4 heteroatoms. The summed E-state index contributed by atoms with van der Waals surface area (Å²) in [5.74, 6) is -0.920. The third-order valence-electron chi connectivity index (χ3n) is 3.05. The summed E-state index contributed by atoms with van der Waals surface area (Å²) in [6.45, 7) is 6.49. The Kier molecular flexibility index (Phi) is 14.1. The van der Waals surface area contributed by atoms with Crippen LogP contribution in [0.4, 0.5) is 0 Å². The summed E-state index contributed by atoms with van der Waals surface area (Å²) < 4.78 is 0.913. The molecule has 0 saturated carbocycles. The summed E-state index contributed by atoms with van der Waals surface area (Å²) in [5, 5.41) is 18.4. The maximum absolute atomic E-state index is 9.92. The number of carboxylic acids is 1. The average molecular weight is 261 g/mol. The number of likely N-dealkylation sites (N-methyl/N-ethyl adjacent to an activating group) is 1. The van der Waals surface area contributed by atoms with Gasteiger partial charge in [-0.25, -0.2) is 0 Å². The highest BCUT2D eigenvalue weighted by molar-refractivity contribution is 5.63. The Morgan fingerprint density at radius 2 is 1.67 bits per heavy atom. The van der Waals surface area contributed by atoms with Crippen molar-refractivity contribution in [2.24, 2.45) is 0 Å². The number of aliphatic hydroxyl groups is 1. The van der Waals surface area contributed by atoms with Gasteiger partial charge in [-0.05, 0) is 19.8 Å². The molecule has 0 saturated heterocycles. The van der Waals surface area contributed by atoms with Crippen molar-refractivity contribution in [2.45, 2.75) is 52.4 Å². The van der Waals surface area contributed by atoms with Crippen molar-refractivity contribution in [3.05, 3.63) is 0 Å². The second-order valence-corrected chi connectivity index (χ2v) is 5.24. The topological polar surface area (TPSA) is 60.4 Å². The summed E-state index contributed by atoms with van der Waals surface area (Å²) in [5.41, 5.74) is 0. The van der Waals surface area contributed by atoms with E-state index in [1.54, 1.807) is 0 Å². The van der Waals surface area contributed by atoms with Crippen LogP contribution in [0.25, 0.3) is 0 Å². The van der Waals surface area contributed by atoms with E-state index in [4.69, 9.17) is 5.11 Å². The molecule has 0 aliphatic heterocycles. The van der Waals surface area contributed by atoms with Crippen LogP contribution in [0.15, 0.2) is 0 Å². The fourth-order valence-electron chi connectivity index (χ4n) is 1.30. The van der Waals surface area contributed by atoms with Gasteiger partial charge in [-0.3, -0.25) is 0 Å². The summed E-state index contributed by atoms with van der Waals surface area (Å²) in [6, 6.07) is 0. The van der Waals surface area contributed by atoms with Gasteiger partial charge in [0.1, 0.15) is 6.54 Å². The van der Waals surface area contributed by atoms with Crippen LogP contribution in [0, 0.1) is 0 Å². The van der Waals surface area contributed by atoms with E-state index in [2.05, 4.69) is 27.9 Å². The molecule has 0 spiro atoms. The summed E-state index contributed by atoms with van der Waals surface area (Å²) >= 11 is 0.